The Morgan fingerprint density at radius 3 is 2.96 bits per heavy atom. The van der Waals surface area contributed by atoms with Crippen molar-refractivity contribution >= 4 is 16.8 Å². The number of rotatable bonds is 4. The van der Waals surface area contributed by atoms with E-state index in [1.807, 2.05) is 42.5 Å². The molecule has 23 heavy (non-hydrogen) atoms. The Bertz CT molecular complexity index is 872. The van der Waals surface area contributed by atoms with E-state index < -0.39 is 0 Å². The summed E-state index contributed by atoms with van der Waals surface area (Å²) < 4.78 is 10.6. The zero-order valence-corrected chi connectivity index (χ0v) is 12.3. The van der Waals surface area contributed by atoms with E-state index in [0.29, 0.717) is 12.1 Å². The van der Waals surface area contributed by atoms with Crippen molar-refractivity contribution in [2.24, 2.45) is 0 Å². The summed E-state index contributed by atoms with van der Waals surface area (Å²) in [4.78, 5) is 15.3. The van der Waals surface area contributed by atoms with Crippen LogP contribution in [-0.4, -0.2) is 17.7 Å². The Morgan fingerprint density at radius 1 is 1.13 bits per heavy atom. The van der Waals surface area contributed by atoms with Crippen LogP contribution in [0, 0.1) is 0 Å². The molecule has 0 atom stereocenters. The van der Waals surface area contributed by atoms with Crippen molar-refractivity contribution in [3.63, 3.8) is 0 Å². The quantitative estimate of drug-likeness (QED) is 0.647. The third-order valence-corrected chi connectivity index (χ3v) is 3.77. The standard InChI is InChI=1S/C17H15N3O3/c21-17(13-9-18-14-4-2-1-3-12(13)14)20-19-8-11-5-6-15-16(7-11)23-10-22-15/h1-7,9,18-19H,8,10H2,(H,20,21). The molecule has 2 heterocycles. The number of hydrogen-bond donors (Lipinski definition) is 3. The summed E-state index contributed by atoms with van der Waals surface area (Å²) >= 11 is 0. The average Bonchev–Trinajstić information content (AvgIpc) is 3.21. The van der Waals surface area contributed by atoms with E-state index in [9.17, 15) is 4.79 Å². The molecule has 0 spiro atoms. The Balaban J connectivity index is 1.40. The molecule has 0 aliphatic carbocycles. The molecular weight excluding hydrogens is 294 g/mol. The van der Waals surface area contributed by atoms with Gasteiger partial charge in [-0.1, -0.05) is 24.3 Å². The summed E-state index contributed by atoms with van der Waals surface area (Å²) in [5, 5.41) is 0.898. The van der Waals surface area contributed by atoms with Crippen LogP contribution in [0.25, 0.3) is 10.9 Å². The Kier molecular flexibility index (Phi) is 3.36. The molecule has 4 rings (SSSR count). The molecule has 6 nitrogen and oxygen atoms in total. The SMILES string of the molecule is O=C(NNCc1ccc2c(c1)OCO2)c1c[nH]c2ccccc12. The molecule has 1 aliphatic rings. The van der Waals surface area contributed by atoms with Crippen LogP contribution in [0.2, 0.25) is 0 Å². The van der Waals surface area contributed by atoms with Gasteiger partial charge < -0.3 is 14.5 Å². The van der Waals surface area contributed by atoms with Crippen molar-refractivity contribution < 1.29 is 14.3 Å². The maximum Gasteiger partial charge on any atom is 0.267 e. The van der Waals surface area contributed by atoms with E-state index in [-0.39, 0.29) is 12.7 Å². The minimum atomic E-state index is -0.178. The summed E-state index contributed by atoms with van der Waals surface area (Å²) in [5.41, 5.74) is 8.19. The fourth-order valence-corrected chi connectivity index (χ4v) is 2.60. The smallest absolute Gasteiger partial charge is 0.267 e. The first-order valence-electron chi connectivity index (χ1n) is 7.29. The molecule has 0 unspecified atom stereocenters. The first kappa shape index (κ1) is 13.7. The molecular formula is C17H15N3O3. The van der Waals surface area contributed by atoms with E-state index >= 15 is 0 Å². The number of carbonyl (C=O) groups is 1. The number of para-hydroxylation sites is 1. The van der Waals surface area contributed by atoms with E-state index in [1.54, 1.807) is 6.20 Å². The van der Waals surface area contributed by atoms with E-state index in [1.165, 1.54) is 0 Å². The molecule has 116 valence electrons. The van der Waals surface area contributed by atoms with Crippen molar-refractivity contribution in [3.05, 3.63) is 59.8 Å². The van der Waals surface area contributed by atoms with Crippen LogP contribution < -0.4 is 20.3 Å². The van der Waals surface area contributed by atoms with Crippen LogP contribution in [0.1, 0.15) is 15.9 Å². The summed E-state index contributed by atoms with van der Waals surface area (Å²) in [6, 6.07) is 13.4. The number of fused-ring (bicyclic) bond motifs is 2. The van der Waals surface area contributed by atoms with Crippen molar-refractivity contribution in [2.45, 2.75) is 6.54 Å². The lowest BCUT2D eigenvalue weighted by Gasteiger charge is -2.07. The van der Waals surface area contributed by atoms with E-state index in [4.69, 9.17) is 9.47 Å². The highest BCUT2D eigenvalue weighted by molar-refractivity contribution is 6.06. The van der Waals surface area contributed by atoms with Gasteiger partial charge in [0.15, 0.2) is 11.5 Å². The molecule has 1 aromatic heterocycles. The van der Waals surface area contributed by atoms with Crippen molar-refractivity contribution in [2.75, 3.05) is 6.79 Å². The number of benzene rings is 2. The van der Waals surface area contributed by atoms with Crippen molar-refractivity contribution in [3.8, 4) is 11.5 Å². The van der Waals surface area contributed by atoms with Crippen LogP contribution >= 0.6 is 0 Å². The largest absolute Gasteiger partial charge is 0.454 e. The molecule has 2 aromatic carbocycles. The monoisotopic (exact) mass is 309 g/mol. The first-order valence-corrected chi connectivity index (χ1v) is 7.29. The fraction of sp³-hybridized carbons (Fsp3) is 0.118. The second-order valence-electron chi connectivity index (χ2n) is 5.24. The van der Waals surface area contributed by atoms with Gasteiger partial charge in [0.25, 0.3) is 5.91 Å². The number of ether oxygens (including phenoxy) is 2. The summed E-state index contributed by atoms with van der Waals surface area (Å²) in [6.07, 6.45) is 1.71. The van der Waals surface area contributed by atoms with Gasteiger partial charge in [0.05, 0.1) is 5.56 Å². The van der Waals surface area contributed by atoms with Gasteiger partial charge in [-0.05, 0) is 23.8 Å². The summed E-state index contributed by atoms with van der Waals surface area (Å²) in [5.74, 6) is 1.30. The molecule has 1 aliphatic heterocycles. The highest BCUT2D eigenvalue weighted by atomic mass is 16.7. The van der Waals surface area contributed by atoms with Gasteiger partial charge in [0.2, 0.25) is 6.79 Å². The Labute approximate surface area is 132 Å². The molecule has 0 bridgehead atoms. The number of H-pyrrole nitrogens is 1. The van der Waals surface area contributed by atoms with E-state index in [2.05, 4.69) is 15.8 Å². The van der Waals surface area contributed by atoms with Crippen molar-refractivity contribution in [1.82, 2.24) is 15.8 Å². The lowest BCUT2D eigenvalue weighted by atomic mass is 10.2. The third kappa shape index (κ3) is 2.60. The normalized spacial score (nSPS) is 12.5. The second-order valence-corrected chi connectivity index (χ2v) is 5.24. The zero-order valence-electron chi connectivity index (χ0n) is 12.3. The number of amides is 1. The van der Waals surface area contributed by atoms with Crippen LogP contribution in [0.5, 0.6) is 11.5 Å². The topological polar surface area (TPSA) is 75.4 Å². The van der Waals surface area contributed by atoms with Crippen LogP contribution in [0.4, 0.5) is 0 Å². The van der Waals surface area contributed by atoms with Gasteiger partial charge in [-0.25, -0.2) is 5.43 Å². The number of nitrogens with one attached hydrogen (secondary N) is 3. The predicted molar refractivity (Wildman–Crippen MR) is 85.2 cm³/mol. The molecule has 6 heteroatoms. The van der Waals surface area contributed by atoms with Crippen LogP contribution in [0.15, 0.2) is 48.7 Å². The summed E-state index contributed by atoms with van der Waals surface area (Å²) in [6.45, 7) is 0.744. The number of aromatic nitrogens is 1. The number of hydrogen-bond acceptors (Lipinski definition) is 4. The third-order valence-electron chi connectivity index (χ3n) is 3.77. The minimum Gasteiger partial charge on any atom is -0.454 e. The lowest BCUT2D eigenvalue weighted by Crippen LogP contribution is -2.36. The lowest BCUT2D eigenvalue weighted by molar-refractivity contribution is 0.0934. The Morgan fingerprint density at radius 2 is 2.00 bits per heavy atom. The van der Waals surface area contributed by atoms with Gasteiger partial charge in [-0.2, -0.15) is 0 Å². The number of carbonyl (C=O) groups excluding carboxylic acids is 1. The maximum atomic E-state index is 12.3. The molecule has 0 saturated carbocycles. The van der Waals surface area contributed by atoms with Gasteiger partial charge in [-0.15, -0.1) is 0 Å². The highest BCUT2D eigenvalue weighted by Gasteiger charge is 2.14. The fourth-order valence-electron chi connectivity index (χ4n) is 2.60. The minimum absolute atomic E-state index is 0.178. The van der Waals surface area contributed by atoms with Crippen molar-refractivity contribution in [1.29, 1.82) is 0 Å². The highest BCUT2D eigenvalue weighted by Crippen LogP contribution is 2.32. The first-order chi connectivity index (χ1) is 11.3. The van der Waals surface area contributed by atoms with E-state index in [0.717, 1.165) is 28.0 Å². The molecule has 0 radical (unpaired) electrons. The van der Waals surface area contributed by atoms with Crippen LogP contribution in [0.3, 0.4) is 0 Å². The maximum absolute atomic E-state index is 12.3. The van der Waals surface area contributed by atoms with Gasteiger partial charge in [0, 0.05) is 23.6 Å². The average molecular weight is 309 g/mol. The predicted octanol–water partition coefficient (Wildman–Crippen LogP) is 2.33. The molecule has 3 aromatic rings. The molecule has 0 saturated heterocycles. The summed E-state index contributed by atoms with van der Waals surface area (Å²) in [7, 11) is 0. The Hall–Kier alpha value is -2.99. The number of aromatic amines is 1. The molecule has 0 fully saturated rings. The zero-order chi connectivity index (χ0) is 15.6. The molecule has 1 amide bonds. The second kappa shape index (κ2) is 5.66. The number of hydrazine groups is 1. The molecule has 3 N–H and O–H groups in total. The van der Waals surface area contributed by atoms with Gasteiger partial charge in [0.1, 0.15) is 0 Å². The van der Waals surface area contributed by atoms with Crippen LogP contribution in [-0.2, 0) is 6.54 Å². The van der Waals surface area contributed by atoms with Gasteiger partial charge in [-0.3, -0.25) is 10.2 Å². The van der Waals surface area contributed by atoms with Gasteiger partial charge >= 0.3 is 0 Å².